The summed E-state index contributed by atoms with van der Waals surface area (Å²) in [5.41, 5.74) is 0.0204. The number of amides is 1. The lowest BCUT2D eigenvalue weighted by Crippen LogP contribution is -2.39. The lowest BCUT2D eigenvalue weighted by Gasteiger charge is -2.33. The molecule has 0 atom stereocenters. The van der Waals surface area contributed by atoms with Crippen molar-refractivity contribution in [3.8, 4) is 0 Å². The first-order valence-electron chi connectivity index (χ1n) is 6.28. The van der Waals surface area contributed by atoms with E-state index < -0.39 is 0 Å². The lowest BCUT2D eigenvalue weighted by molar-refractivity contribution is -0.122. The van der Waals surface area contributed by atoms with E-state index in [0.717, 1.165) is 19.4 Å². The summed E-state index contributed by atoms with van der Waals surface area (Å²) >= 11 is 0. The van der Waals surface area contributed by atoms with Crippen molar-refractivity contribution in [2.75, 3.05) is 6.54 Å². The summed E-state index contributed by atoms with van der Waals surface area (Å²) in [4.78, 5) is 22.0. The number of hydrogen-bond donors (Lipinski definition) is 1. The van der Waals surface area contributed by atoms with Crippen LogP contribution in [0.1, 0.15) is 40.5 Å². The van der Waals surface area contributed by atoms with Gasteiger partial charge in [-0.05, 0) is 39.0 Å². The van der Waals surface area contributed by atoms with Gasteiger partial charge in [0.05, 0.1) is 0 Å². The fraction of sp³-hybridized carbons (Fsp3) is 0.714. The van der Waals surface area contributed by atoms with Gasteiger partial charge >= 0.3 is 6.09 Å². The van der Waals surface area contributed by atoms with Crippen LogP contribution in [0.25, 0.3) is 0 Å². The largest absolute Gasteiger partial charge is 0.483 e. The Bertz CT molecular complexity index is 316. The molecule has 1 amide bonds. The molecule has 110 valence electrons. The highest BCUT2D eigenvalue weighted by Crippen LogP contribution is 2.51. The minimum atomic E-state index is -0.370. The smallest absolute Gasteiger partial charge is 0.410 e. The molecule has 0 aromatic carbocycles. The molecule has 19 heavy (non-hydrogen) atoms. The first kappa shape index (κ1) is 17.5. The molecule has 2 heterocycles. The Morgan fingerprint density at radius 2 is 1.84 bits per heavy atom. The van der Waals surface area contributed by atoms with Gasteiger partial charge in [-0.3, -0.25) is 4.79 Å². The number of carbonyl (C=O) groups excluding carboxylic acids is 1. The second kappa shape index (κ2) is 6.59. The van der Waals surface area contributed by atoms with Gasteiger partial charge in [0.1, 0.15) is 5.60 Å². The molecular weight excluding hydrogens is 246 g/mol. The van der Waals surface area contributed by atoms with Crippen LogP contribution >= 0.6 is 0 Å². The average molecular weight is 271 g/mol. The van der Waals surface area contributed by atoms with Gasteiger partial charge in [-0.15, -0.1) is 13.2 Å². The van der Waals surface area contributed by atoms with Gasteiger partial charge in [-0.25, -0.2) is 4.79 Å². The summed E-state index contributed by atoms with van der Waals surface area (Å²) < 4.78 is 5.35. The number of ether oxygens (including phenoxy) is 1. The third kappa shape index (κ3) is 4.93. The number of fused-ring (bicyclic) bond motifs is 1. The quantitative estimate of drug-likeness (QED) is 0.543. The molecule has 1 saturated carbocycles. The SMILES string of the molecule is C=C.CC12CC(C1)N(C(=O)OC(C)(C)C)C2.O=CO. The van der Waals surface area contributed by atoms with Crippen molar-refractivity contribution in [2.45, 2.75) is 52.2 Å². The van der Waals surface area contributed by atoms with E-state index in [-0.39, 0.29) is 18.2 Å². The third-order valence-corrected chi connectivity index (χ3v) is 3.08. The van der Waals surface area contributed by atoms with E-state index in [1.807, 2.05) is 25.7 Å². The Morgan fingerprint density at radius 3 is 2.11 bits per heavy atom. The molecule has 5 heteroatoms. The lowest BCUT2D eigenvalue weighted by atomic mass is 9.72. The normalized spacial score (nSPS) is 26.9. The summed E-state index contributed by atoms with van der Waals surface area (Å²) in [7, 11) is 0. The maximum atomic E-state index is 11.7. The molecule has 1 N–H and O–H groups in total. The Hall–Kier alpha value is -1.52. The molecular formula is C14H25NO4. The standard InChI is InChI=1S/C11H19NO2.C2H4.CH2O2/c1-10(2,3)14-9(13)12-7-11(4)5-8(12)6-11;1-2;2-1-3/h8H,5-7H2,1-4H3;1-2H2;1H,(H,2,3). The molecule has 0 unspecified atom stereocenters. The van der Waals surface area contributed by atoms with Crippen LogP contribution in [0.2, 0.25) is 0 Å². The maximum absolute atomic E-state index is 11.7. The highest BCUT2D eigenvalue weighted by molar-refractivity contribution is 5.69. The zero-order valence-electron chi connectivity index (χ0n) is 12.3. The molecule has 3 fully saturated rings. The van der Waals surface area contributed by atoms with Crippen molar-refractivity contribution in [1.29, 1.82) is 0 Å². The van der Waals surface area contributed by atoms with Crippen molar-refractivity contribution >= 4 is 12.6 Å². The third-order valence-electron chi connectivity index (χ3n) is 3.08. The van der Waals surface area contributed by atoms with Crippen LogP contribution in [0, 0.1) is 5.41 Å². The summed E-state index contributed by atoms with van der Waals surface area (Å²) in [6.07, 6.45) is 2.18. The van der Waals surface area contributed by atoms with E-state index in [4.69, 9.17) is 14.6 Å². The van der Waals surface area contributed by atoms with Crippen LogP contribution in [0.5, 0.6) is 0 Å². The number of carbonyl (C=O) groups is 2. The Balaban J connectivity index is 0.000000573. The van der Waals surface area contributed by atoms with E-state index in [1.165, 1.54) is 0 Å². The second-order valence-corrected chi connectivity index (χ2v) is 6.09. The Kier molecular flexibility index (Phi) is 6.06. The second-order valence-electron chi connectivity index (χ2n) is 6.09. The Morgan fingerprint density at radius 1 is 1.42 bits per heavy atom. The number of hydrogen-bond acceptors (Lipinski definition) is 3. The van der Waals surface area contributed by atoms with Crippen LogP contribution in [-0.2, 0) is 9.53 Å². The van der Waals surface area contributed by atoms with E-state index in [2.05, 4.69) is 20.1 Å². The van der Waals surface area contributed by atoms with Gasteiger partial charge in [-0.2, -0.15) is 0 Å². The highest BCUT2D eigenvalue weighted by atomic mass is 16.6. The molecule has 1 aliphatic carbocycles. The van der Waals surface area contributed by atoms with Gasteiger partial charge in [0.2, 0.25) is 0 Å². The van der Waals surface area contributed by atoms with E-state index in [9.17, 15) is 4.79 Å². The first-order chi connectivity index (χ1) is 8.71. The highest BCUT2D eigenvalue weighted by Gasteiger charge is 2.54. The molecule has 3 aliphatic rings. The Labute approximate surface area is 115 Å². The molecule has 5 nitrogen and oxygen atoms in total. The molecule has 2 aliphatic heterocycles. The minimum Gasteiger partial charge on any atom is -0.483 e. The summed E-state index contributed by atoms with van der Waals surface area (Å²) in [5.74, 6) is 0. The molecule has 2 saturated heterocycles. The van der Waals surface area contributed by atoms with Crippen LogP contribution in [-0.4, -0.2) is 40.8 Å². The zero-order valence-corrected chi connectivity index (χ0v) is 12.3. The monoisotopic (exact) mass is 271 g/mol. The van der Waals surface area contributed by atoms with E-state index in [0.29, 0.717) is 11.5 Å². The summed E-state index contributed by atoms with van der Waals surface area (Å²) in [6.45, 7) is 14.6. The van der Waals surface area contributed by atoms with Crippen LogP contribution in [0.15, 0.2) is 13.2 Å². The van der Waals surface area contributed by atoms with Crippen molar-refractivity contribution in [2.24, 2.45) is 5.41 Å². The van der Waals surface area contributed by atoms with E-state index in [1.54, 1.807) is 0 Å². The fourth-order valence-electron chi connectivity index (χ4n) is 2.50. The van der Waals surface area contributed by atoms with Crippen molar-refractivity contribution in [3.05, 3.63) is 13.2 Å². The number of rotatable bonds is 0. The molecule has 3 rings (SSSR count). The van der Waals surface area contributed by atoms with Crippen LogP contribution in [0.4, 0.5) is 4.79 Å². The topological polar surface area (TPSA) is 66.8 Å². The number of carboxylic acid groups (broad SMARTS) is 1. The molecule has 0 radical (unpaired) electrons. The summed E-state index contributed by atoms with van der Waals surface area (Å²) in [6, 6.07) is 0.454. The minimum absolute atomic E-state index is 0.135. The molecule has 2 bridgehead atoms. The maximum Gasteiger partial charge on any atom is 0.410 e. The zero-order chi connectivity index (χ0) is 15.3. The predicted molar refractivity (Wildman–Crippen MR) is 74.0 cm³/mol. The van der Waals surface area contributed by atoms with Gasteiger partial charge < -0.3 is 14.7 Å². The van der Waals surface area contributed by atoms with E-state index >= 15 is 0 Å². The van der Waals surface area contributed by atoms with Crippen molar-refractivity contribution in [3.63, 3.8) is 0 Å². The van der Waals surface area contributed by atoms with Crippen molar-refractivity contribution < 1.29 is 19.4 Å². The van der Waals surface area contributed by atoms with Gasteiger partial charge in [0.15, 0.2) is 0 Å². The van der Waals surface area contributed by atoms with Crippen LogP contribution < -0.4 is 0 Å². The van der Waals surface area contributed by atoms with Crippen molar-refractivity contribution in [1.82, 2.24) is 4.90 Å². The van der Waals surface area contributed by atoms with Gasteiger partial charge in [0.25, 0.3) is 6.47 Å². The van der Waals surface area contributed by atoms with Gasteiger partial charge in [0, 0.05) is 12.6 Å². The summed E-state index contributed by atoms with van der Waals surface area (Å²) in [5, 5.41) is 6.89. The molecule has 0 spiro atoms. The fourth-order valence-corrected chi connectivity index (χ4v) is 2.50. The van der Waals surface area contributed by atoms with Gasteiger partial charge in [-0.1, -0.05) is 6.92 Å². The average Bonchev–Trinajstić information content (AvgIpc) is 2.73. The predicted octanol–water partition coefficient (Wildman–Crippen LogP) is 2.91. The van der Waals surface area contributed by atoms with Crippen LogP contribution in [0.3, 0.4) is 0 Å². The number of nitrogens with zero attached hydrogens (tertiary/aromatic N) is 1. The first-order valence-corrected chi connectivity index (χ1v) is 6.28. The molecule has 0 aromatic heterocycles. The molecule has 0 aromatic rings.